The van der Waals surface area contributed by atoms with Crippen molar-refractivity contribution in [2.45, 2.75) is 156 Å². The zero-order chi connectivity index (χ0) is 39.4. The highest BCUT2D eigenvalue weighted by Crippen LogP contribution is 2.26. The van der Waals surface area contributed by atoms with Crippen molar-refractivity contribution in [3.8, 4) is 0 Å². The van der Waals surface area contributed by atoms with E-state index in [2.05, 4.69) is 19.9 Å². The molecular weight excluding hydrogens is 660 g/mol. The molecule has 0 aromatic carbocycles. The first-order chi connectivity index (χ1) is 24.4. The van der Waals surface area contributed by atoms with Crippen molar-refractivity contribution in [3.05, 3.63) is 83.1 Å². The fraction of sp³-hybridized carbons (Fsp3) is 0.628. The van der Waals surface area contributed by atoms with Crippen molar-refractivity contribution in [2.24, 2.45) is 17.8 Å². The standard InChI is InChI=1S/C43H68O9/c1-28(14-12-15-29(2)25-38(47)39(48)27-36(9)45)22-30(3)20-21-43(50)51-40-18-13-19-42(49)52-41(17-11-10-16-32(40)5)34(7)24-31(4)23-33(6)37(46)26-35(8)44/h10-12,14-15,20-23,25,32-41,44-48H,13,16-19,24,26-27H2,1-9H3/b11-10+,15-12+,21-20+,28-14+,29-25+,30-22+,31-23+/t32-,33+,34-,35+,36-,37+,38-,39-,40-,41+/m0/s1. The number of ether oxygens (including phenoxy) is 2. The highest BCUT2D eigenvalue weighted by Gasteiger charge is 2.25. The molecule has 0 saturated carbocycles. The third-order valence-electron chi connectivity index (χ3n) is 9.18. The van der Waals surface area contributed by atoms with E-state index in [4.69, 9.17) is 9.47 Å². The van der Waals surface area contributed by atoms with Gasteiger partial charge in [-0.25, -0.2) is 4.79 Å². The summed E-state index contributed by atoms with van der Waals surface area (Å²) < 4.78 is 11.8. The molecule has 9 heteroatoms. The summed E-state index contributed by atoms with van der Waals surface area (Å²) in [5.74, 6) is -0.652. The van der Waals surface area contributed by atoms with Gasteiger partial charge in [0.15, 0.2) is 0 Å². The van der Waals surface area contributed by atoms with Gasteiger partial charge in [-0.1, -0.05) is 97.7 Å². The Balaban J connectivity index is 2.79. The van der Waals surface area contributed by atoms with Crippen LogP contribution < -0.4 is 0 Å². The lowest BCUT2D eigenvalue weighted by molar-refractivity contribution is -0.151. The maximum Gasteiger partial charge on any atom is 0.331 e. The number of hydrogen-bond acceptors (Lipinski definition) is 9. The minimum atomic E-state index is -1.07. The van der Waals surface area contributed by atoms with Crippen LogP contribution in [0.2, 0.25) is 0 Å². The van der Waals surface area contributed by atoms with Gasteiger partial charge in [0, 0.05) is 31.3 Å². The third-order valence-corrected chi connectivity index (χ3v) is 9.18. The van der Waals surface area contributed by atoms with Crippen LogP contribution in [0, 0.1) is 17.8 Å². The molecular formula is C43H68O9. The third kappa shape index (κ3) is 20.8. The van der Waals surface area contributed by atoms with Gasteiger partial charge in [-0.3, -0.25) is 4.79 Å². The second-order valence-electron chi connectivity index (χ2n) is 15.1. The van der Waals surface area contributed by atoms with E-state index in [1.165, 1.54) is 6.08 Å². The van der Waals surface area contributed by atoms with Crippen LogP contribution in [0.3, 0.4) is 0 Å². The fourth-order valence-corrected chi connectivity index (χ4v) is 6.18. The summed E-state index contributed by atoms with van der Waals surface area (Å²) in [6.07, 6.45) is 17.5. The van der Waals surface area contributed by atoms with Crippen LogP contribution in [0.15, 0.2) is 83.1 Å². The molecule has 1 heterocycles. The smallest absolute Gasteiger partial charge is 0.331 e. The molecule has 0 saturated heterocycles. The lowest BCUT2D eigenvalue weighted by Crippen LogP contribution is -2.27. The van der Waals surface area contributed by atoms with Crippen molar-refractivity contribution in [3.63, 3.8) is 0 Å². The molecule has 0 spiro atoms. The van der Waals surface area contributed by atoms with E-state index in [0.29, 0.717) is 25.7 Å². The molecule has 0 aromatic heterocycles. The lowest BCUT2D eigenvalue weighted by Gasteiger charge is -2.26. The van der Waals surface area contributed by atoms with Crippen LogP contribution in [0.4, 0.5) is 0 Å². The Kier molecular flexibility index (Phi) is 22.6. The van der Waals surface area contributed by atoms with Crippen LogP contribution in [0.5, 0.6) is 0 Å². The predicted molar refractivity (Wildman–Crippen MR) is 208 cm³/mol. The molecule has 0 fully saturated rings. The van der Waals surface area contributed by atoms with Crippen molar-refractivity contribution in [1.29, 1.82) is 0 Å². The number of carbonyl (C=O) groups is 2. The van der Waals surface area contributed by atoms with Gasteiger partial charge < -0.3 is 35.0 Å². The first-order valence-corrected chi connectivity index (χ1v) is 18.9. The number of hydrogen-bond donors (Lipinski definition) is 5. The molecule has 0 bridgehead atoms. The van der Waals surface area contributed by atoms with Crippen LogP contribution in [-0.4, -0.2) is 80.2 Å². The molecule has 0 amide bonds. The van der Waals surface area contributed by atoms with Gasteiger partial charge in [0.25, 0.3) is 0 Å². The molecule has 0 aromatic rings. The van der Waals surface area contributed by atoms with Gasteiger partial charge in [-0.2, -0.15) is 0 Å². The minimum absolute atomic E-state index is 0.0633. The fourth-order valence-electron chi connectivity index (χ4n) is 6.18. The Morgan fingerprint density at radius 3 is 2.15 bits per heavy atom. The summed E-state index contributed by atoms with van der Waals surface area (Å²) in [5.41, 5.74) is 3.68. The average Bonchev–Trinajstić information content (AvgIpc) is 3.03. The Labute approximate surface area is 313 Å². The number of cyclic esters (lactones) is 1. The van der Waals surface area contributed by atoms with Gasteiger partial charge in [0.1, 0.15) is 12.2 Å². The zero-order valence-electron chi connectivity index (χ0n) is 33.1. The number of allylic oxidation sites excluding steroid dienone is 10. The molecule has 1 rings (SSSR count). The number of esters is 2. The Morgan fingerprint density at radius 1 is 0.865 bits per heavy atom. The second-order valence-corrected chi connectivity index (χ2v) is 15.1. The Bertz CT molecular complexity index is 1300. The van der Waals surface area contributed by atoms with Gasteiger partial charge >= 0.3 is 11.9 Å². The lowest BCUT2D eigenvalue weighted by atomic mass is 9.90. The zero-order valence-corrected chi connectivity index (χ0v) is 33.1. The maximum absolute atomic E-state index is 12.9. The van der Waals surface area contributed by atoms with Crippen molar-refractivity contribution in [2.75, 3.05) is 0 Å². The number of aliphatic hydroxyl groups excluding tert-OH is 5. The van der Waals surface area contributed by atoms with E-state index < -0.39 is 36.5 Å². The highest BCUT2D eigenvalue weighted by molar-refractivity contribution is 5.82. The average molecular weight is 729 g/mol. The van der Waals surface area contributed by atoms with Crippen molar-refractivity contribution < 1.29 is 44.6 Å². The summed E-state index contributed by atoms with van der Waals surface area (Å²) in [6, 6.07) is 0. The molecule has 1 aliphatic heterocycles. The molecule has 1 aliphatic rings. The van der Waals surface area contributed by atoms with Gasteiger partial charge in [-0.05, 0) is 85.5 Å². The van der Waals surface area contributed by atoms with Crippen LogP contribution in [-0.2, 0) is 19.1 Å². The highest BCUT2D eigenvalue weighted by atomic mass is 16.5. The topological polar surface area (TPSA) is 154 Å². The first kappa shape index (κ1) is 46.9. The van der Waals surface area contributed by atoms with E-state index in [9.17, 15) is 35.1 Å². The molecule has 0 aliphatic carbocycles. The summed E-state index contributed by atoms with van der Waals surface area (Å²) in [5, 5.41) is 49.4. The number of rotatable bonds is 17. The molecule has 52 heavy (non-hydrogen) atoms. The normalized spacial score (nSPS) is 25.3. The summed E-state index contributed by atoms with van der Waals surface area (Å²) >= 11 is 0. The Morgan fingerprint density at radius 2 is 1.50 bits per heavy atom. The Hall–Kier alpha value is -3.08. The predicted octanol–water partition coefficient (Wildman–Crippen LogP) is 7.15. The number of carbonyl (C=O) groups excluding carboxylic acids is 2. The minimum Gasteiger partial charge on any atom is -0.462 e. The quantitative estimate of drug-likeness (QED) is 0.0455. The van der Waals surface area contributed by atoms with Crippen LogP contribution >= 0.6 is 0 Å². The van der Waals surface area contributed by atoms with E-state index in [-0.39, 0.29) is 48.8 Å². The largest absolute Gasteiger partial charge is 0.462 e. The van der Waals surface area contributed by atoms with E-state index >= 15 is 0 Å². The molecule has 10 atom stereocenters. The summed E-state index contributed by atoms with van der Waals surface area (Å²) in [6.45, 7) is 17.0. The SMILES string of the molecule is CC(=C\C=C\C(C)=C\[C@H](O)[C@@H](O)C[C@H](C)O)/C=C(C)/C=C/C(=O)O[C@H]1CCCC(=O)O[C@@H]([C@@H](C)C/C(C)=C/[C@@H](C)[C@H](O)C[C@@H](C)O)C/C=C/C[C@@H]1C. The molecule has 5 N–H and O–H groups in total. The van der Waals surface area contributed by atoms with Crippen molar-refractivity contribution >= 4 is 11.9 Å². The first-order valence-electron chi connectivity index (χ1n) is 18.9. The van der Waals surface area contributed by atoms with Gasteiger partial charge in [-0.15, -0.1) is 0 Å². The van der Waals surface area contributed by atoms with E-state index in [1.807, 2.05) is 71.1 Å². The van der Waals surface area contributed by atoms with E-state index in [1.54, 1.807) is 26.0 Å². The monoisotopic (exact) mass is 728 g/mol. The van der Waals surface area contributed by atoms with Gasteiger partial charge in [0.05, 0.1) is 30.5 Å². The molecule has 294 valence electrons. The van der Waals surface area contributed by atoms with Gasteiger partial charge in [0.2, 0.25) is 0 Å². The molecule has 9 nitrogen and oxygen atoms in total. The summed E-state index contributed by atoms with van der Waals surface area (Å²) in [7, 11) is 0. The molecule has 0 unspecified atom stereocenters. The number of aliphatic hydroxyl groups is 5. The van der Waals surface area contributed by atoms with Crippen LogP contribution in [0.1, 0.15) is 114 Å². The maximum atomic E-state index is 12.9. The van der Waals surface area contributed by atoms with Crippen LogP contribution in [0.25, 0.3) is 0 Å². The summed E-state index contributed by atoms with van der Waals surface area (Å²) in [4.78, 5) is 25.7. The van der Waals surface area contributed by atoms with Crippen molar-refractivity contribution in [1.82, 2.24) is 0 Å². The van der Waals surface area contributed by atoms with E-state index in [0.717, 1.165) is 35.1 Å². The molecule has 0 radical (unpaired) electrons. The second kappa shape index (κ2) is 25.0.